The zero-order valence-corrected chi connectivity index (χ0v) is 13.9. The van der Waals surface area contributed by atoms with Crippen molar-refractivity contribution in [3.8, 4) is 0 Å². The van der Waals surface area contributed by atoms with E-state index in [1.54, 1.807) is 11.8 Å². The summed E-state index contributed by atoms with van der Waals surface area (Å²) in [5.41, 5.74) is 0.914. The lowest BCUT2D eigenvalue weighted by Crippen LogP contribution is -2.39. The molecule has 0 aromatic heterocycles. The summed E-state index contributed by atoms with van der Waals surface area (Å²) in [5.74, 6) is -1.39. The van der Waals surface area contributed by atoms with Crippen LogP contribution in [0.15, 0.2) is 30.3 Å². The quantitative estimate of drug-likeness (QED) is 0.625. The van der Waals surface area contributed by atoms with Crippen LogP contribution in [0.1, 0.15) is 31.7 Å². The van der Waals surface area contributed by atoms with E-state index in [9.17, 15) is 14.4 Å². The van der Waals surface area contributed by atoms with E-state index in [0.717, 1.165) is 5.56 Å². The zero-order chi connectivity index (χ0) is 17.4. The maximum Gasteiger partial charge on any atom is 0.410 e. The van der Waals surface area contributed by atoms with Gasteiger partial charge in [-0.15, -0.1) is 0 Å². The Balaban J connectivity index is 1.90. The number of carbonyl (C=O) groups excluding carboxylic acids is 3. The van der Waals surface area contributed by atoms with Crippen molar-refractivity contribution in [1.29, 1.82) is 0 Å². The van der Waals surface area contributed by atoms with Gasteiger partial charge in [0.05, 0.1) is 6.61 Å². The minimum Gasteiger partial charge on any atom is -0.465 e. The Morgan fingerprint density at radius 2 is 1.92 bits per heavy atom. The molecule has 1 aliphatic heterocycles. The number of Topliss-reactive ketones (excluding diaryl/α,β-unsaturated/α-hetero) is 1. The summed E-state index contributed by atoms with van der Waals surface area (Å²) in [4.78, 5) is 37.7. The molecule has 1 heterocycles. The van der Waals surface area contributed by atoms with E-state index in [-0.39, 0.29) is 31.8 Å². The molecule has 0 radical (unpaired) electrons. The number of rotatable bonds is 4. The molecule has 1 saturated heterocycles. The molecular formula is C18H23NO5. The molecular weight excluding hydrogens is 310 g/mol. The first kappa shape index (κ1) is 18.0. The van der Waals surface area contributed by atoms with Gasteiger partial charge in [0.15, 0.2) is 0 Å². The predicted molar refractivity (Wildman–Crippen MR) is 87.2 cm³/mol. The SMILES string of the molecule is CCOC(=O)C1CCN(C(=O)OCc2ccccc2)CCCC1=O. The first-order valence-electron chi connectivity index (χ1n) is 8.26. The summed E-state index contributed by atoms with van der Waals surface area (Å²) < 4.78 is 10.3. The van der Waals surface area contributed by atoms with Gasteiger partial charge < -0.3 is 14.4 Å². The maximum atomic E-state index is 12.2. The molecule has 0 saturated carbocycles. The molecule has 1 aromatic rings. The monoisotopic (exact) mass is 333 g/mol. The van der Waals surface area contributed by atoms with Crippen molar-refractivity contribution in [3.05, 3.63) is 35.9 Å². The third-order valence-electron chi connectivity index (χ3n) is 3.96. The third kappa shape index (κ3) is 5.08. The average molecular weight is 333 g/mol. The molecule has 0 bridgehead atoms. The first-order chi connectivity index (χ1) is 11.6. The van der Waals surface area contributed by atoms with Crippen LogP contribution in [-0.2, 0) is 25.7 Å². The summed E-state index contributed by atoms with van der Waals surface area (Å²) in [6.07, 6.45) is 0.648. The van der Waals surface area contributed by atoms with E-state index in [2.05, 4.69) is 0 Å². The van der Waals surface area contributed by atoms with E-state index < -0.39 is 18.0 Å². The highest BCUT2D eigenvalue weighted by Crippen LogP contribution is 2.17. The first-order valence-corrected chi connectivity index (χ1v) is 8.26. The summed E-state index contributed by atoms with van der Waals surface area (Å²) in [6, 6.07) is 9.44. The second-order valence-electron chi connectivity index (χ2n) is 5.69. The van der Waals surface area contributed by atoms with Gasteiger partial charge in [0.1, 0.15) is 18.3 Å². The van der Waals surface area contributed by atoms with Crippen LogP contribution in [0.5, 0.6) is 0 Å². The molecule has 130 valence electrons. The van der Waals surface area contributed by atoms with E-state index in [0.29, 0.717) is 19.5 Å². The lowest BCUT2D eigenvalue weighted by atomic mass is 9.95. The summed E-state index contributed by atoms with van der Waals surface area (Å²) in [7, 11) is 0. The number of carbonyl (C=O) groups is 3. The van der Waals surface area contributed by atoms with Gasteiger partial charge in [-0.05, 0) is 25.3 Å². The Hall–Kier alpha value is -2.37. The number of hydrogen-bond acceptors (Lipinski definition) is 5. The van der Waals surface area contributed by atoms with Crippen molar-refractivity contribution in [1.82, 2.24) is 4.90 Å². The molecule has 0 spiro atoms. The van der Waals surface area contributed by atoms with Crippen LogP contribution in [0.2, 0.25) is 0 Å². The van der Waals surface area contributed by atoms with E-state index >= 15 is 0 Å². The van der Waals surface area contributed by atoms with Gasteiger partial charge in [0.25, 0.3) is 0 Å². The van der Waals surface area contributed by atoms with Crippen molar-refractivity contribution in [2.75, 3.05) is 19.7 Å². The third-order valence-corrected chi connectivity index (χ3v) is 3.96. The number of benzene rings is 1. The van der Waals surface area contributed by atoms with Crippen molar-refractivity contribution >= 4 is 17.8 Å². The number of likely N-dealkylation sites (tertiary alicyclic amines) is 1. The van der Waals surface area contributed by atoms with Crippen molar-refractivity contribution in [2.24, 2.45) is 5.92 Å². The van der Waals surface area contributed by atoms with Gasteiger partial charge in [-0.2, -0.15) is 0 Å². The zero-order valence-electron chi connectivity index (χ0n) is 13.9. The van der Waals surface area contributed by atoms with Crippen LogP contribution in [0.3, 0.4) is 0 Å². The van der Waals surface area contributed by atoms with Gasteiger partial charge in [-0.3, -0.25) is 9.59 Å². The Morgan fingerprint density at radius 3 is 2.62 bits per heavy atom. The highest BCUT2D eigenvalue weighted by molar-refractivity contribution is 5.99. The molecule has 0 aliphatic carbocycles. The van der Waals surface area contributed by atoms with Crippen LogP contribution < -0.4 is 0 Å². The highest BCUT2D eigenvalue weighted by Gasteiger charge is 2.31. The van der Waals surface area contributed by atoms with Crippen LogP contribution in [0.4, 0.5) is 4.79 Å². The molecule has 1 aliphatic rings. The summed E-state index contributed by atoms with van der Waals surface area (Å²) in [6.45, 7) is 2.91. The van der Waals surface area contributed by atoms with E-state index in [4.69, 9.17) is 9.47 Å². The van der Waals surface area contributed by atoms with Gasteiger partial charge in [-0.1, -0.05) is 30.3 Å². The van der Waals surface area contributed by atoms with Gasteiger partial charge >= 0.3 is 12.1 Å². The number of ketones is 1. The molecule has 1 amide bonds. The highest BCUT2D eigenvalue weighted by atomic mass is 16.6. The average Bonchev–Trinajstić information content (AvgIpc) is 2.57. The summed E-state index contributed by atoms with van der Waals surface area (Å²) in [5, 5.41) is 0. The van der Waals surface area contributed by atoms with E-state index in [1.165, 1.54) is 0 Å². The molecule has 2 rings (SSSR count). The number of esters is 1. The lowest BCUT2D eigenvalue weighted by Gasteiger charge is -2.26. The normalized spacial score (nSPS) is 18.5. The number of nitrogens with zero attached hydrogens (tertiary/aromatic N) is 1. The smallest absolute Gasteiger partial charge is 0.410 e. The topological polar surface area (TPSA) is 72.9 Å². The Morgan fingerprint density at radius 1 is 1.17 bits per heavy atom. The predicted octanol–water partition coefficient (Wildman–Crippen LogP) is 2.56. The fourth-order valence-corrected chi connectivity index (χ4v) is 2.66. The fourth-order valence-electron chi connectivity index (χ4n) is 2.66. The van der Waals surface area contributed by atoms with Crippen LogP contribution in [0.25, 0.3) is 0 Å². The molecule has 24 heavy (non-hydrogen) atoms. The Bertz CT molecular complexity index is 564. The van der Waals surface area contributed by atoms with Crippen LogP contribution in [0, 0.1) is 5.92 Å². The second kappa shape index (κ2) is 9.05. The molecule has 1 atom stereocenters. The van der Waals surface area contributed by atoms with Gasteiger partial charge in [0.2, 0.25) is 0 Å². The minimum absolute atomic E-state index is 0.106. The van der Waals surface area contributed by atoms with Crippen LogP contribution in [-0.4, -0.2) is 42.4 Å². The maximum absolute atomic E-state index is 12.2. The molecule has 1 fully saturated rings. The summed E-state index contributed by atoms with van der Waals surface area (Å²) >= 11 is 0. The Kier molecular flexibility index (Phi) is 6.78. The molecule has 1 unspecified atom stereocenters. The number of hydrogen-bond donors (Lipinski definition) is 0. The van der Waals surface area contributed by atoms with Gasteiger partial charge in [0, 0.05) is 19.5 Å². The standard InChI is InChI=1S/C18H23NO5/c1-2-23-17(21)15-10-12-19(11-6-9-16(15)20)18(22)24-13-14-7-4-3-5-8-14/h3-5,7-8,15H,2,6,9-13H2,1H3. The molecule has 0 N–H and O–H groups in total. The van der Waals surface area contributed by atoms with Gasteiger partial charge in [-0.25, -0.2) is 4.79 Å². The van der Waals surface area contributed by atoms with E-state index in [1.807, 2.05) is 30.3 Å². The van der Waals surface area contributed by atoms with Crippen LogP contribution >= 0.6 is 0 Å². The number of amides is 1. The van der Waals surface area contributed by atoms with Crippen molar-refractivity contribution < 1.29 is 23.9 Å². The minimum atomic E-state index is -0.783. The largest absolute Gasteiger partial charge is 0.465 e. The Labute approximate surface area is 141 Å². The van der Waals surface area contributed by atoms with Crippen molar-refractivity contribution in [2.45, 2.75) is 32.8 Å². The molecule has 6 heteroatoms. The van der Waals surface area contributed by atoms with Crippen molar-refractivity contribution in [3.63, 3.8) is 0 Å². The molecule has 1 aromatic carbocycles. The lowest BCUT2D eigenvalue weighted by molar-refractivity contribution is -0.152. The second-order valence-corrected chi connectivity index (χ2v) is 5.69. The number of ether oxygens (including phenoxy) is 2. The molecule has 6 nitrogen and oxygen atoms in total. The fraction of sp³-hybridized carbons (Fsp3) is 0.500.